The molecule has 1 atom stereocenters. The van der Waals surface area contributed by atoms with Crippen molar-refractivity contribution in [2.75, 3.05) is 0 Å². The van der Waals surface area contributed by atoms with Gasteiger partial charge in [0, 0.05) is 0 Å². The smallest absolute Gasteiger partial charge is 0.00535 e. The minimum Gasteiger partial charge on any atom is -0.102 e. The van der Waals surface area contributed by atoms with Crippen molar-refractivity contribution in [1.29, 1.82) is 0 Å². The molecule has 0 spiro atoms. The summed E-state index contributed by atoms with van der Waals surface area (Å²) in [6.45, 7) is 5.98. The van der Waals surface area contributed by atoms with Crippen molar-refractivity contribution in [1.82, 2.24) is 0 Å². The fraction of sp³-hybridized carbons (Fsp3) is 0.556. The molecule has 0 nitrogen and oxygen atoms in total. The summed E-state index contributed by atoms with van der Waals surface area (Å²) in [5.74, 6) is 0.666. The van der Waals surface area contributed by atoms with Gasteiger partial charge in [-0.2, -0.15) is 0 Å². The first kappa shape index (κ1) is 6.60. The highest BCUT2D eigenvalue weighted by Gasteiger charge is 2.06. The van der Waals surface area contributed by atoms with E-state index in [0.29, 0.717) is 5.92 Å². The number of hydrogen-bond donors (Lipinski definition) is 0. The van der Waals surface area contributed by atoms with Gasteiger partial charge >= 0.3 is 0 Å². The van der Waals surface area contributed by atoms with Gasteiger partial charge in [0.1, 0.15) is 0 Å². The van der Waals surface area contributed by atoms with Gasteiger partial charge in [-0.15, -0.1) is 6.58 Å². The number of rotatable bonds is 1. The minimum atomic E-state index is 0.666. The van der Waals surface area contributed by atoms with E-state index in [-0.39, 0.29) is 0 Å². The lowest BCUT2D eigenvalue weighted by Gasteiger charge is -2.14. The van der Waals surface area contributed by atoms with Gasteiger partial charge in [0.15, 0.2) is 0 Å². The minimum absolute atomic E-state index is 0.666. The largest absolute Gasteiger partial charge is 0.102 e. The lowest BCUT2D eigenvalue weighted by molar-refractivity contribution is 0.612. The van der Waals surface area contributed by atoms with Crippen LogP contribution >= 0.6 is 0 Å². The fourth-order valence-corrected chi connectivity index (χ4v) is 1.33. The van der Waals surface area contributed by atoms with Crippen molar-refractivity contribution in [3.05, 3.63) is 24.3 Å². The molecular formula is C9H14. The van der Waals surface area contributed by atoms with Crippen LogP contribution in [0, 0.1) is 5.92 Å². The molecule has 1 aliphatic rings. The predicted molar refractivity (Wildman–Crippen MR) is 41.3 cm³/mol. The summed E-state index contributed by atoms with van der Waals surface area (Å²) in [7, 11) is 0. The highest BCUT2D eigenvalue weighted by molar-refractivity contribution is 5.08. The Morgan fingerprint density at radius 3 is 3.00 bits per heavy atom. The van der Waals surface area contributed by atoms with E-state index in [2.05, 4.69) is 19.6 Å². The van der Waals surface area contributed by atoms with Gasteiger partial charge in [-0.3, -0.25) is 0 Å². The summed E-state index contributed by atoms with van der Waals surface area (Å²) < 4.78 is 0. The molecule has 0 heterocycles. The van der Waals surface area contributed by atoms with Gasteiger partial charge < -0.3 is 0 Å². The van der Waals surface area contributed by atoms with Gasteiger partial charge in [0.2, 0.25) is 0 Å². The maximum absolute atomic E-state index is 3.77. The summed E-state index contributed by atoms with van der Waals surface area (Å²) in [5, 5.41) is 0. The first-order chi connectivity index (χ1) is 4.33. The Morgan fingerprint density at radius 1 is 1.78 bits per heavy atom. The van der Waals surface area contributed by atoms with E-state index in [0.717, 1.165) is 0 Å². The molecule has 0 N–H and O–H groups in total. The van der Waals surface area contributed by atoms with Crippen LogP contribution in [0.15, 0.2) is 24.3 Å². The zero-order chi connectivity index (χ0) is 6.69. The first-order valence-corrected chi connectivity index (χ1v) is 3.63. The Balaban J connectivity index is 2.56. The Bertz CT molecular complexity index is 131. The van der Waals surface area contributed by atoms with Crippen LogP contribution in [0.5, 0.6) is 0 Å². The van der Waals surface area contributed by atoms with Crippen LogP contribution in [0.1, 0.15) is 26.2 Å². The van der Waals surface area contributed by atoms with Crippen LogP contribution in [0.2, 0.25) is 0 Å². The summed E-state index contributed by atoms with van der Waals surface area (Å²) >= 11 is 0. The monoisotopic (exact) mass is 122 g/mol. The number of hydrogen-bond acceptors (Lipinski definition) is 0. The van der Waals surface area contributed by atoms with Gasteiger partial charge in [0.05, 0.1) is 0 Å². The average Bonchev–Trinajstić information content (AvgIpc) is 1.88. The van der Waals surface area contributed by atoms with Gasteiger partial charge in [-0.05, 0) is 32.1 Å². The van der Waals surface area contributed by atoms with E-state index in [9.17, 15) is 0 Å². The van der Waals surface area contributed by atoms with Gasteiger partial charge in [-0.25, -0.2) is 0 Å². The zero-order valence-electron chi connectivity index (χ0n) is 6.06. The topological polar surface area (TPSA) is 0 Å². The van der Waals surface area contributed by atoms with Gasteiger partial charge in [0.25, 0.3) is 0 Å². The van der Waals surface area contributed by atoms with E-state index in [4.69, 9.17) is 0 Å². The van der Waals surface area contributed by atoms with Crippen molar-refractivity contribution in [2.24, 2.45) is 5.92 Å². The highest BCUT2D eigenvalue weighted by Crippen LogP contribution is 2.22. The van der Waals surface area contributed by atoms with Crippen molar-refractivity contribution in [3.8, 4) is 0 Å². The Morgan fingerprint density at radius 2 is 2.56 bits per heavy atom. The molecule has 0 radical (unpaired) electrons. The van der Waals surface area contributed by atoms with Crippen LogP contribution in [0.25, 0.3) is 0 Å². The molecule has 0 aliphatic heterocycles. The molecule has 0 heteroatoms. The average molecular weight is 122 g/mol. The summed E-state index contributed by atoms with van der Waals surface area (Å²) in [4.78, 5) is 0. The summed E-state index contributed by atoms with van der Waals surface area (Å²) in [6.07, 6.45) is 8.32. The third-order valence-corrected chi connectivity index (χ3v) is 1.91. The van der Waals surface area contributed by atoms with E-state index >= 15 is 0 Å². The third-order valence-electron chi connectivity index (χ3n) is 1.91. The zero-order valence-corrected chi connectivity index (χ0v) is 6.06. The molecule has 0 aromatic heterocycles. The SMILES string of the molecule is C=CC1C=C(C)CCC1. The lowest BCUT2D eigenvalue weighted by atomic mass is 9.92. The fourth-order valence-electron chi connectivity index (χ4n) is 1.33. The van der Waals surface area contributed by atoms with Crippen LogP contribution in [0.4, 0.5) is 0 Å². The van der Waals surface area contributed by atoms with Crippen LogP contribution < -0.4 is 0 Å². The van der Waals surface area contributed by atoms with Crippen molar-refractivity contribution in [2.45, 2.75) is 26.2 Å². The number of allylic oxidation sites excluding steroid dienone is 3. The van der Waals surface area contributed by atoms with Crippen molar-refractivity contribution >= 4 is 0 Å². The molecule has 1 aliphatic carbocycles. The maximum atomic E-state index is 3.77. The van der Waals surface area contributed by atoms with E-state index in [1.807, 2.05) is 6.08 Å². The van der Waals surface area contributed by atoms with E-state index in [1.165, 1.54) is 24.8 Å². The molecule has 1 rings (SSSR count). The lowest BCUT2D eigenvalue weighted by Crippen LogP contribution is -1.98. The molecule has 0 saturated carbocycles. The molecule has 0 saturated heterocycles. The first-order valence-electron chi connectivity index (χ1n) is 3.63. The summed E-state index contributed by atoms with van der Waals surface area (Å²) in [5.41, 5.74) is 1.53. The molecular weight excluding hydrogens is 108 g/mol. The molecule has 1 unspecified atom stereocenters. The molecule has 0 aromatic carbocycles. The Labute approximate surface area is 57.3 Å². The van der Waals surface area contributed by atoms with Crippen LogP contribution in [0.3, 0.4) is 0 Å². The summed E-state index contributed by atoms with van der Waals surface area (Å²) in [6, 6.07) is 0. The molecule has 0 amide bonds. The second-order valence-corrected chi connectivity index (χ2v) is 2.80. The maximum Gasteiger partial charge on any atom is -0.00535 e. The quantitative estimate of drug-likeness (QED) is 0.469. The van der Waals surface area contributed by atoms with Crippen molar-refractivity contribution < 1.29 is 0 Å². The second kappa shape index (κ2) is 2.86. The van der Waals surface area contributed by atoms with Crippen molar-refractivity contribution in [3.63, 3.8) is 0 Å². The Kier molecular flexibility index (Phi) is 2.10. The third kappa shape index (κ3) is 1.70. The van der Waals surface area contributed by atoms with Crippen LogP contribution in [-0.4, -0.2) is 0 Å². The van der Waals surface area contributed by atoms with Gasteiger partial charge in [-0.1, -0.05) is 17.7 Å². The molecule has 0 aromatic rings. The normalized spacial score (nSPS) is 27.2. The highest BCUT2D eigenvalue weighted by atomic mass is 14.1. The standard InChI is InChI=1S/C9H14/c1-3-9-6-4-5-8(2)7-9/h3,7,9H,1,4-6H2,2H3. The molecule has 0 bridgehead atoms. The molecule has 50 valence electrons. The van der Waals surface area contributed by atoms with E-state index in [1.54, 1.807) is 0 Å². The second-order valence-electron chi connectivity index (χ2n) is 2.80. The predicted octanol–water partition coefficient (Wildman–Crippen LogP) is 2.92. The molecule has 9 heavy (non-hydrogen) atoms. The van der Waals surface area contributed by atoms with Crippen LogP contribution in [-0.2, 0) is 0 Å². The molecule has 0 fully saturated rings. The van der Waals surface area contributed by atoms with E-state index < -0.39 is 0 Å². The Hall–Kier alpha value is -0.520.